The van der Waals surface area contributed by atoms with Crippen molar-refractivity contribution in [3.05, 3.63) is 11.6 Å². The number of aliphatic carboxylic acids is 1. The molecule has 0 saturated heterocycles. The van der Waals surface area contributed by atoms with E-state index in [1.807, 2.05) is 0 Å². The van der Waals surface area contributed by atoms with Crippen LogP contribution in [0, 0.1) is 50.2 Å². The molecule has 3 heteroatoms. The molecule has 3 nitrogen and oxygen atoms in total. The standard InChI is InChI=1S/C30H48O3/c1-25(2)14-16-30(24(32)33)17-15-28(6)19(20(30)18-25)8-9-22-27(5)12-11-23(31)26(3,4)21(27)10-13-29(22,28)7/h8,20-23,31H,9-18H2,1-7H3,(H,32,33)/t20-,21-,22-,23+,27+,28+,29+,30-/m1/s1. The first-order chi connectivity index (χ1) is 15.1. The van der Waals surface area contributed by atoms with Gasteiger partial charge in [-0.05, 0) is 109 Å². The van der Waals surface area contributed by atoms with E-state index in [2.05, 4.69) is 54.5 Å². The van der Waals surface area contributed by atoms with E-state index >= 15 is 0 Å². The van der Waals surface area contributed by atoms with E-state index in [1.54, 1.807) is 0 Å². The minimum absolute atomic E-state index is 0.0301. The second-order valence-electron chi connectivity index (χ2n) is 15.1. The molecule has 0 radical (unpaired) electrons. The van der Waals surface area contributed by atoms with E-state index in [1.165, 1.54) is 18.4 Å². The fourth-order valence-corrected chi connectivity index (χ4v) is 10.6. The van der Waals surface area contributed by atoms with E-state index in [4.69, 9.17) is 0 Å². The molecule has 0 aliphatic heterocycles. The summed E-state index contributed by atoms with van der Waals surface area (Å²) in [6.45, 7) is 16.9. The molecular formula is C30H48O3. The summed E-state index contributed by atoms with van der Waals surface area (Å²) in [6, 6.07) is 0. The summed E-state index contributed by atoms with van der Waals surface area (Å²) < 4.78 is 0. The normalized spacial score (nSPS) is 52.4. The molecule has 0 spiro atoms. The number of allylic oxidation sites excluding steroid dienone is 2. The fourth-order valence-electron chi connectivity index (χ4n) is 10.6. The number of carbonyl (C=O) groups is 1. The average molecular weight is 457 g/mol. The molecule has 0 aromatic carbocycles. The molecule has 0 aromatic rings. The van der Waals surface area contributed by atoms with Crippen LogP contribution in [0.1, 0.15) is 113 Å². The molecule has 0 unspecified atom stereocenters. The topological polar surface area (TPSA) is 57.5 Å². The summed E-state index contributed by atoms with van der Waals surface area (Å²) in [5.41, 5.74) is 1.68. The molecule has 0 aromatic heterocycles. The van der Waals surface area contributed by atoms with E-state index < -0.39 is 11.4 Å². The third kappa shape index (κ3) is 2.87. The van der Waals surface area contributed by atoms with Crippen LogP contribution < -0.4 is 0 Å². The molecule has 0 bridgehead atoms. The second-order valence-corrected chi connectivity index (χ2v) is 15.1. The van der Waals surface area contributed by atoms with Crippen molar-refractivity contribution < 1.29 is 15.0 Å². The van der Waals surface area contributed by atoms with Crippen LogP contribution >= 0.6 is 0 Å². The van der Waals surface area contributed by atoms with Gasteiger partial charge in [0, 0.05) is 0 Å². The van der Waals surface area contributed by atoms with Crippen LogP contribution in [-0.4, -0.2) is 22.3 Å². The molecule has 8 atom stereocenters. The van der Waals surface area contributed by atoms with Gasteiger partial charge in [0.05, 0.1) is 11.5 Å². The van der Waals surface area contributed by atoms with Crippen molar-refractivity contribution in [2.24, 2.45) is 50.2 Å². The SMILES string of the molecule is CC1(C)CC[C@@]2(C(=O)O)CC[C@@]3(C)C(=CC[C@@H]4[C@@]5(C)CC[C@H](O)C(C)(C)[C@H]5CC[C@@]43C)[C@H]2C1. The molecule has 0 amide bonds. The summed E-state index contributed by atoms with van der Waals surface area (Å²) in [5, 5.41) is 21.4. The van der Waals surface area contributed by atoms with Gasteiger partial charge in [0.2, 0.25) is 0 Å². The molecular weight excluding hydrogens is 408 g/mol. The summed E-state index contributed by atoms with van der Waals surface area (Å²) in [4.78, 5) is 12.8. The maximum absolute atomic E-state index is 12.8. The molecule has 0 heterocycles. The predicted molar refractivity (Wildman–Crippen MR) is 133 cm³/mol. The molecule has 2 N–H and O–H groups in total. The minimum atomic E-state index is -0.553. The van der Waals surface area contributed by atoms with Gasteiger partial charge in [-0.2, -0.15) is 0 Å². The highest BCUT2D eigenvalue weighted by molar-refractivity contribution is 5.76. The Hall–Kier alpha value is -0.830. The van der Waals surface area contributed by atoms with Crippen molar-refractivity contribution in [3.8, 4) is 0 Å². The van der Waals surface area contributed by atoms with Gasteiger partial charge in [0.25, 0.3) is 0 Å². The number of hydrogen-bond acceptors (Lipinski definition) is 2. The first kappa shape index (κ1) is 23.9. The number of fused-ring (bicyclic) bond motifs is 7. The van der Waals surface area contributed by atoms with Gasteiger partial charge in [0.1, 0.15) is 0 Å². The summed E-state index contributed by atoms with van der Waals surface area (Å²) in [7, 11) is 0. The highest BCUT2D eigenvalue weighted by atomic mass is 16.4. The number of carboxylic acid groups (broad SMARTS) is 1. The Bertz CT molecular complexity index is 885. The summed E-state index contributed by atoms with van der Waals surface area (Å²) in [6.07, 6.45) is 12.6. The number of carboxylic acids is 1. The average Bonchev–Trinajstić information content (AvgIpc) is 2.71. The van der Waals surface area contributed by atoms with Crippen LogP contribution in [0.2, 0.25) is 0 Å². The van der Waals surface area contributed by atoms with Gasteiger partial charge in [0.15, 0.2) is 0 Å². The molecule has 5 aliphatic carbocycles. The Morgan fingerprint density at radius 1 is 0.879 bits per heavy atom. The van der Waals surface area contributed by atoms with Crippen molar-refractivity contribution >= 4 is 5.97 Å². The van der Waals surface area contributed by atoms with Gasteiger partial charge in [-0.25, -0.2) is 0 Å². The molecule has 5 aliphatic rings. The third-order valence-corrected chi connectivity index (χ3v) is 13.0. The largest absolute Gasteiger partial charge is 0.481 e. The number of rotatable bonds is 1. The second kappa shape index (κ2) is 6.89. The Labute approximate surface area is 201 Å². The van der Waals surface area contributed by atoms with E-state index in [-0.39, 0.29) is 39.1 Å². The molecule has 5 rings (SSSR count). The molecule has 33 heavy (non-hydrogen) atoms. The Kier molecular flexibility index (Phi) is 4.99. The lowest BCUT2D eigenvalue weighted by Crippen LogP contribution is -2.65. The number of aliphatic hydroxyl groups excluding tert-OH is 1. The maximum Gasteiger partial charge on any atom is 0.310 e. The number of aliphatic hydroxyl groups is 1. The fraction of sp³-hybridized carbons (Fsp3) is 0.900. The van der Waals surface area contributed by atoms with Gasteiger partial charge >= 0.3 is 5.97 Å². The van der Waals surface area contributed by atoms with Gasteiger partial charge in [-0.15, -0.1) is 0 Å². The van der Waals surface area contributed by atoms with Gasteiger partial charge in [-0.1, -0.05) is 60.1 Å². The van der Waals surface area contributed by atoms with Crippen molar-refractivity contribution in [3.63, 3.8) is 0 Å². The Morgan fingerprint density at radius 3 is 2.21 bits per heavy atom. The minimum Gasteiger partial charge on any atom is -0.481 e. The van der Waals surface area contributed by atoms with Gasteiger partial charge in [-0.3, -0.25) is 4.79 Å². The lowest BCUT2D eigenvalue weighted by molar-refractivity contribution is -0.205. The highest BCUT2D eigenvalue weighted by Crippen LogP contribution is 2.75. The third-order valence-electron chi connectivity index (χ3n) is 13.0. The number of hydrogen-bond donors (Lipinski definition) is 2. The van der Waals surface area contributed by atoms with Crippen LogP contribution in [0.4, 0.5) is 0 Å². The predicted octanol–water partition coefficient (Wildman–Crippen LogP) is 7.23. The van der Waals surface area contributed by atoms with E-state index in [9.17, 15) is 15.0 Å². The van der Waals surface area contributed by atoms with Crippen LogP contribution in [-0.2, 0) is 4.79 Å². The van der Waals surface area contributed by atoms with Crippen LogP contribution in [0.5, 0.6) is 0 Å². The lowest BCUT2D eigenvalue weighted by atomic mass is 9.33. The highest BCUT2D eigenvalue weighted by Gasteiger charge is 2.69. The van der Waals surface area contributed by atoms with Crippen molar-refractivity contribution in [1.29, 1.82) is 0 Å². The zero-order valence-corrected chi connectivity index (χ0v) is 22.3. The van der Waals surface area contributed by atoms with E-state index in [0.717, 1.165) is 51.4 Å². The first-order valence-electron chi connectivity index (χ1n) is 13.8. The molecule has 4 fully saturated rings. The Balaban J connectivity index is 1.60. The molecule has 186 valence electrons. The summed E-state index contributed by atoms with van der Waals surface area (Å²) >= 11 is 0. The summed E-state index contributed by atoms with van der Waals surface area (Å²) in [5.74, 6) is 0.807. The van der Waals surface area contributed by atoms with Crippen LogP contribution in [0.15, 0.2) is 11.6 Å². The van der Waals surface area contributed by atoms with E-state index in [0.29, 0.717) is 11.8 Å². The van der Waals surface area contributed by atoms with Crippen molar-refractivity contribution in [2.75, 3.05) is 0 Å². The van der Waals surface area contributed by atoms with Crippen molar-refractivity contribution in [2.45, 2.75) is 119 Å². The first-order valence-corrected chi connectivity index (χ1v) is 13.8. The Morgan fingerprint density at radius 2 is 1.55 bits per heavy atom. The van der Waals surface area contributed by atoms with Crippen molar-refractivity contribution in [1.82, 2.24) is 0 Å². The quantitative estimate of drug-likeness (QED) is 0.409. The zero-order valence-electron chi connectivity index (χ0n) is 22.3. The lowest BCUT2D eigenvalue weighted by Gasteiger charge is -2.71. The smallest absolute Gasteiger partial charge is 0.310 e. The monoisotopic (exact) mass is 456 g/mol. The van der Waals surface area contributed by atoms with Crippen LogP contribution in [0.3, 0.4) is 0 Å². The van der Waals surface area contributed by atoms with Crippen LogP contribution in [0.25, 0.3) is 0 Å². The molecule has 4 saturated carbocycles. The zero-order chi connectivity index (χ0) is 24.2. The van der Waals surface area contributed by atoms with Gasteiger partial charge < -0.3 is 10.2 Å². The maximum atomic E-state index is 12.8.